The monoisotopic (exact) mass is 257 g/mol. The first kappa shape index (κ1) is 13.4. The summed E-state index contributed by atoms with van der Waals surface area (Å²) < 4.78 is 5.25. The molecule has 0 saturated heterocycles. The zero-order valence-electron chi connectivity index (χ0n) is 11.6. The van der Waals surface area contributed by atoms with Crippen LogP contribution >= 0.6 is 0 Å². The molecule has 0 amide bonds. The van der Waals surface area contributed by atoms with Crippen molar-refractivity contribution in [2.24, 2.45) is 5.73 Å². The summed E-state index contributed by atoms with van der Waals surface area (Å²) in [7, 11) is 3.64. The zero-order chi connectivity index (χ0) is 13.8. The summed E-state index contributed by atoms with van der Waals surface area (Å²) in [5.41, 5.74) is 8.80. The van der Waals surface area contributed by atoms with E-state index in [0.29, 0.717) is 6.54 Å². The molecule has 0 saturated carbocycles. The fourth-order valence-electron chi connectivity index (χ4n) is 1.96. The highest BCUT2D eigenvalue weighted by Gasteiger charge is 2.11. The molecule has 0 unspecified atom stereocenters. The van der Waals surface area contributed by atoms with Crippen molar-refractivity contribution in [1.29, 1.82) is 0 Å². The van der Waals surface area contributed by atoms with Gasteiger partial charge in [0.25, 0.3) is 0 Å². The van der Waals surface area contributed by atoms with Gasteiger partial charge in [-0.25, -0.2) is 4.98 Å². The molecule has 1 aromatic carbocycles. The number of rotatable bonds is 4. The van der Waals surface area contributed by atoms with Crippen LogP contribution in [0.25, 0.3) is 0 Å². The maximum atomic E-state index is 5.78. The average Bonchev–Trinajstić information content (AvgIpc) is 2.46. The number of anilines is 2. The predicted octanol–water partition coefficient (Wildman–Crippen LogP) is 2.63. The Balaban J connectivity index is 2.42. The van der Waals surface area contributed by atoms with E-state index in [9.17, 15) is 0 Å². The van der Waals surface area contributed by atoms with Gasteiger partial charge in [-0.3, -0.25) is 0 Å². The first-order valence-electron chi connectivity index (χ1n) is 6.20. The van der Waals surface area contributed by atoms with Gasteiger partial charge >= 0.3 is 0 Å². The van der Waals surface area contributed by atoms with E-state index in [1.807, 2.05) is 55.3 Å². The Morgan fingerprint density at radius 1 is 1.26 bits per heavy atom. The van der Waals surface area contributed by atoms with Crippen molar-refractivity contribution in [3.63, 3.8) is 0 Å². The summed E-state index contributed by atoms with van der Waals surface area (Å²) in [4.78, 5) is 6.61. The largest absolute Gasteiger partial charge is 0.497 e. The lowest BCUT2D eigenvalue weighted by Gasteiger charge is -2.22. The molecule has 0 atom stereocenters. The maximum absolute atomic E-state index is 5.78. The van der Waals surface area contributed by atoms with Gasteiger partial charge in [0.1, 0.15) is 11.6 Å². The Bertz CT molecular complexity index is 569. The smallest absolute Gasteiger partial charge is 0.137 e. The quantitative estimate of drug-likeness (QED) is 0.914. The van der Waals surface area contributed by atoms with Crippen molar-refractivity contribution in [3.8, 4) is 5.75 Å². The van der Waals surface area contributed by atoms with Gasteiger partial charge in [-0.2, -0.15) is 0 Å². The SMILES string of the molecule is COc1cccc(N(C)c2nc(C)ccc2CN)c1. The van der Waals surface area contributed by atoms with Crippen LogP contribution in [0.1, 0.15) is 11.3 Å². The molecule has 0 spiro atoms. The van der Waals surface area contributed by atoms with Crippen LogP contribution in [0, 0.1) is 6.92 Å². The van der Waals surface area contributed by atoms with Gasteiger partial charge in [0, 0.05) is 36.6 Å². The number of pyridine rings is 1. The highest BCUT2D eigenvalue weighted by atomic mass is 16.5. The van der Waals surface area contributed by atoms with E-state index in [2.05, 4.69) is 4.98 Å². The van der Waals surface area contributed by atoms with Gasteiger partial charge in [-0.05, 0) is 25.1 Å². The normalized spacial score (nSPS) is 10.3. The molecule has 0 aliphatic heterocycles. The maximum Gasteiger partial charge on any atom is 0.137 e. The fourth-order valence-corrected chi connectivity index (χ4v) is 1.96. The van der Waals surface area contributed by atoms with Crippen molar-refractivity contribution >= 4 is 11.5 Å². The molecule has 4 nitrogen and oxygen atoms in total. The van der Waals surface area contributed by atoms with E-state index >= 15 is 0 Å². The van der Waals surface area contributed by atoms with Crippen molar-refractivity contribution in [3.05, 3.63) is 47.7 Å². The van der Waals surface area contributed by atoms with Gasteiger partial charge in [-0.15, -0.1) is 0 Å². The van der Waals surface area contributed by atoms with Crippen molar-refractivity contribution < 1.29 is 4.74 Å². The topological polar surface area (TPSA) is 51.4 Å². The van der Waals surface area contributed by atoms with Crippen LogP contribution in [0.2, 0.25) is 0 Å². The molecule has 1 aromatic heterocycles. The summed E-state index contributed by atoms with van der Waals surface area (Å²) in [5.74, 6) is 1.71. The van der Waals surface area contributed by atoms with E-state index in [1.165, 1.54) is 0 Å². The Morgan fingerprint density at radius 3 is 2.74 bits per heavy atom. The van der Waals surface area contributed by atoms with Crippen LogP contribution < -0.4 is 15.4 Å². The fraction of sp³-hybridized carbons (Fsp3) is 0.267. The van der Waals surface area contributed by atoms with Gasteiger partial charge in [0.2, 0.25) is 0 Å². The lowest BCUT2D eigenvalue weighted by Crippen LogP contribution is -2.15. The van der Waals surface area contributed by atoms with Crippen LogP contribution in [-0.4, -0.2) is 19.1 Å². The van der Waals surface area contributed by atoms with E-state index in [0.717, 1.165) is 28.5 Å². The summed E-state index contributed by atoms with van der Waals surface area (Å²) in [5, 5.41) is 0. The molecule has 0 radical (unpaired) electrons. The molecular weight excluding hydrogens is 238 g/mol. The predicted molar refractivity (Wildman–Crippen MR) is 77.9 cm³/mol. The standard InChI is InChI=1S/C15H19N3O/c1-11-7-8-12(10-16)15(17-11)18(2)13-5-4-6-14(9-13)19-3/h4-9H,10,16H2,1-3H3. The number of benzene rings is 1. The van der Waals surface area contributed by atoms with Gasteiger partial charge in [0.05, 0.1) is 7.11 Å². The van der Waals surface area contributed by atoms with Crippen molar-refractivity contribution in [2.75, 3.05) is 19.1 Å². The molecule has 2 aromatic rings. The number of aromatic nitrogens is 1. The van der Waals surface area contributed by atoms with E-state index < -0.39 is 0 Å². The summed E-state index contributed by atoms with van der Waals surface area (Å²) in [6.07, 6.45) is 0. The lowest BCUT2D eigenvalue weighted by atomic mass is 10.2. The third-order valence-electron chi connectivity index (χ3n) is 3.07. The molecule has 2 rings (SSSR count). The van der Waals surface area contributed by atoms with Crippen LogP contribution in [0.5, 0.6) is 5.75 Å². The third-order valence-corrected chi connectivity index (χ3v) is 3.07. The number of nitrogens with zero attached hydrogens (tertiary/aromatic N) is 2. The number of methoxy groups -OCH3 is 1. The highest BCUT2D eigenvalue weighted by molar-refractivity contribution is 5.63. The molecule has 100 valence electrons. The first-order chi connectivity index (χ1) is 9.15. The van der Waals surface area contributed by atoms with Crippen molar-refractivity contribution in [2.45, 2.75) is 13.5 Å². The second-order valence-corrected chi connectivity index (χ2v) is 4.40. The van der Waals surface area contributed by atoms with E-state index in [4.69, 9.17) is 10.5 Å². The highest BCUT2D eigenvalue weighted by Crippen LogP contribution is 2.27. The first-order valence-corrected chi connectivity index (χ1v) is 6.20. The zero-order valence-corrected chi connectivity index (χ0v) is 11.6. The second kappa shape index (κ2) is 5.71. The number of hydrogen-bond acceptors (Lipinski definition) is 4. The van der Waals surface area contributed by atoms with E-state index in [1.54, 1.807) is 7.11 Å². The molecule has 0 bridgehead atoms. The molecular formula is C15H19N3O. The van der Waals surface area contributed by atoms with Crippen LogP contribution in [0.3, 0.4) is 0 Å². The third kappa shape index (κ3) is 2.85. The minimum atomic E-state index is 0.469. The number of ether oxygens (including phenoxy) is 1. The number of nitrogens with two attached hydrogens (primary N) is 1. The summed E-state index contributed by atoms with van der Waals surface area (Å²) in [6.45, 7) is 2.44. The molecule has 0 aliphatic rings. The van der Waals surface area contributed by atoms with Crippen LogP contribution in [0.4, 0.5) is 11.5 Å². The van der Waals surface area contributed by atoms with Gasteiger partial charge in [0.15, 0.2) is 0 Å². The Morgan fingerprint density at radius 2 is 2.05 bits per heavy atom. The Kier molecular flexibility index (Phi) is 4.02. The molecule has 4 heteroatoms. The van der Waals surface area contributed by atoms with Gasteiger partial charge in [-0.1, -0.05) is 12.1 Å². The molecule has 0 fully saturated rings. The average molecular weight is 257 g/mol. The lowest BCUT2D eigenvalue weighted by molar-refractivity contribution is 0.415. The number of aryl methyl sites for hydroxylation is 1. The minimum absolute atomic E-state index is 0.469. The summed E-state index contributed by atoms with van der Waals surface area (Å²) >= 11 is 0. The Labute approximate surface area is 113 Å². The second-order valence-electron chi connectivity index (χ2n) is 4.40. The van der Waals surface area contributed by atoms with Crippen LogP contribution in [0.15, 0.2) is 36.4 Å². The summed E-state index contributed by atoms with van der Waals surface area (Å²) in [6, 6.07) is 11.9. The molecule has 19 heavy (non-hydrogen) atoms. The van der Waals surface area contributed by atoms with Crippen molar-refractivity contribution in [1.82, 2.24) is 4.98 Å². The van der Waals surface area contributed by atoms with E-state index in [-0.39, 0.29) is 0 Å². The Hall–Kier alpha value is -2.07. The van der Waals surface area contributed by atoms with Crippen LogP contribution in [-0.2, 0) is 6.54 Å². The molecule has 0 aliphatic carbocycles. The minimum Gasteiger partial charge on any atom is -0.497 e. The number of hydrogen-bond donors (Lipinski definition) is 1. The van der Waals surface area contributed by atoms with Gasteiger partial charge < -0.3 is 15.4 Å². The molecule has 1 heterocycles. The molecule has 2 N–H and O–H groups in total.